The summed E-state index contributed by atoms with van der Waals surface area (Å²) in [6.45, 7) is 4.31. The highest BCUT2D eigenvalue weighted by Crippen LogP contribution is 2.03. The van der Waals surface area contributed by atoms with Crippen molar-refractivity contribution in [3.05, 3.63) is 42.5 Å². The first-order valence-electron chi connectivity index (χ1n) is 4.35. The molecule has 0 saturated carbocycles. The van der Waals surface area contributed by atoms with Gasteiger partial charge in [0.2, 0.25) is 0 Å². The van der Waals surface area contributed by atoms with E-state index in [1.54, 1.807) is 13.7 Å². The van der Waals surface area contributed by atoms with Gasteiger partial charge in [0.1, 0.15) is 6.61 Å². The number of hydrogen-bond acceptors (Lipinski definition) is 2. The fourth-order valence-electron chi connectivity index (χ4n) is 0.879. The average Bonchev–Trinajstić information content (AvgIpc) is 2.19. The Morgan fingerprint density at radius 2 is 2.00 bits per heavy atom. The Morgan fingerprint density at radius 3 is 2.62 bits per heavy atom. The number of rotatable bonds is 5. The Morgan fingerprint density at radius 1 is 1.31 bits per heavy atom. The van der Waals surface area contributed by atoms with E-state index in [9.17, 15) is 0 Å². The van der Waals surface area contributed by atoms with Crippen LogP contribution in [0, 0.1) is 6.61 Å². The van der Waals surface area contributed by atoms with Gasteiger partial charge >= 0.3 is 0 Å². The van der Waals surface area contributed by atoms with Gasteiger partial charge in [-0.2, -0.15) is 0 Å². The third-order valence-corrected chi connectivity index (χ3v) is 1.75. The molecule has 1 aromatic rings. The molecule has 0 aliphatic rings. The van der Waals surface area contributed by atoms with Crippen LogP contribution in [-0.2, 0) is 9.47 Å². The molecule has 0 saturated heterocycles. The van der Waals surface area contributed by atoms with Crippen molar-refractivity contribution in [1.82, 2.24) is 0 Å². The van der Waals surface area contributed by atoms with Crippen molar-refractivity contribution in [2.75, 3.05) is 13.7 Å². The van der Waals surface area contributed by atoms with Crippen molar-refractivity contribution >= 4 is 0 Å². The summed E-state index contributed by atoms with van der Waals surface area (Å²) in [6, 6.07) is 9.94. The molecule has 1 aromatic carbocycles. The second kappa shape index (κ2) is 5.73. The van der Waals surface area contributed by atoms with Crippen molar-refractivity contribution in [2.45, 2.75) is 13.0 Å². The van der Waals surface area contributed by atoms with E-state index in [0.717, 1.165) is 5.56 Å². The zero-order valence-electron chi connectivity index (χ0n) is 8.07. The summed E-state index contributed by atoms with van der Waals surface area (Å²) in [5.41, 5.74) is 1.07. The molecule has 0 amide bonds. The van der Waals surface area contributed by atoms with E-state index in [0.29, 0.717) is 6.61 Å². The summed E-state index contributed by atoms with van der Waals surface area (Å²) in [4.78, 5) is 0. The molecule has 1 atom stereocenters. The predicted molar refractivity (Wildman–Crippen MR) is 52.3 cm³/mol. The molecule has 0 fully saturated rings. The molecule has 2 nitrogen and oxygen atoms in total. The summed E-state index contributed by atoms with van der Waals surface area (Å²) in [6.07, 6.45) is 0.139. The maximum absolute atomic E-state index is 5.32. The molecule has 0 heterocycles. The molecule has 0 aliphatic carbocycles. The number of methoxy groups -OCH3 is 1. The molecule has 0 aromatic heterocycles. The van der Waals surface area contributed by atoms with Crippen LogP contribution in [0.15, 0.2) is 30.3 Å². The number of ether oxygens (including phenoxy) is 2. The van der Waals surface area contributed by atoms with E-state index >= 15 is 0 Å². The molecule has 1 radical (unpaired) electrons. The first-order valence-corrected chi connectivity index (χ1v) is 4.35. The summed E-state index contributed by atoms with van der Waals surface area (Å²) >= 11 is 0. The van der Waals surface area contributed by atoms with Crippen LogP contribution in [0.25, 0.3) is 0 Å². The maximum atomic E-state index is 5.32. The van der Waals surface area contributed by atoms with Crippen molar-refractivity contribution in [3.63, 3.8) is 0 Å². The Balaban J connectivity index is 2.20. The van der Waals surface area contributed by atoms with Gasteiger partial charge in [0.15, 0.2) is 0 Å². The quantitative estimate of drug-likeness (QED) is 0.690. The molecule has 0 aliphatic heterocycles. The van der Waals surface area contributed by atoms with E-state index < -0.39 is 0 Å². The predicted octanol–water partition coefficient (Wildman–Crippen LogP) is 2.25. The van der Waals surface area contributed by atoms with Gasteiger partial charge in [-0.25, -0.2) is 0 Å². The fraction of sp³-hybridized carbons (Fsp3) is 0.364. The van der Waals surface area contributed by atoms with Crippen LogP contribution in [0.3, 0.4) is 0 Å². The van der Waals surface area contributed by atoms with Crippen molar-refractivity contribution in [3.8, 4) is 0 Å². The summed E-state index contributed by atoms with van der Waals surface area (Å²) in [7, 11) is 1.68. The number of hydrogen-bond donors (Lipinski definition) is 0. The van der Waals surface area contributed by atoms with Crippen LogP contribution < -0.4 is 0 Å². The Kier molecular flexibility index (Phi) is 4.50. The smallest absolute Gasteiger partial charge is 0.113 e. The topological polar surface area (TPSA) is 18.5 Å². The number of benzene rings is 1. The zero-order chi connectivity index (χ0) is 9.52. The minimum atomic E-state index is 0.139. The van der Waals surface area contributed by atoms with Gasteiger partial charge in [0, 0.05) is 7.11 Å². The summed E-state index contributed by atoms with van der Waals surface area (Å²) in [5.74, 6) is 0. The standard InChI is InChI=1S/C11H15O2/c1-10(12-2)8-13-9-11-6-4-3-5-7-11/h3-7,9-10H,8H2,1-2H3. The van der Waals surface area contributed by atoms with E-state index in [1.165, 1.54) is 0 Å². The highest BCUT2D eigenvalue weighted by atomic mass is 16.5. The van der Waals surface area contributed by atoms with Gasteiger partial charge < -0.3 is 9.47 Å². The molecule has 71 valence electrons. The maximum Gasteiger partial charge on any atom is 0.113 e. The van der Waals surface area contributed by atoms with E-state index in [-0.39, 0.29) is 6.10 Å². The monoisotopic (exact) mass is 179 g/mol. The average molecular weight is 179 g/mol. The van der Waals surface area contributed by atoms with E-state index in [2.05, 4.69) is 0 Å². The van der Waals surface area contributed by atoms with Crippen LogP contribution in [0.5, 0.6) is 0 Å². The summed E-state index contributed by atoms with van der Waals surface area (Å²) in [5, 5.41) is 0. The largest absolute Gasteiger partial charge is 0.379 e. The van der Waals surface area contributed by atoms with E-state index in [1.807, 2.05) is 37.3 Å². The molecule has 0 bridgehead atoms. The lowest BCUT2D eigenvalue weighted by molar-refractivity contribution is 0.0449. The van der Waals surface area contributed by atoms with Crippen LogP contribution >= 0.6 is 0 Å². The Hall–Kier alpha value is -0.860. The fourth-order valence-corrected chi connectivity index (χ4v) is 0.879. The second-order valence-corrected chi connectivity index (χ2v) is 2.91. The van der Waals surface area contributed by atoms with Gasteiger partial charge in [0.05, 0.1) is 12.7 Å². The zero-order valence-corrected chi connectivity index (χ0v) is 8.07. The van der Waals surface area contributed by atoms with Crippen LogP contribution in [0.2, 0.25) is 0 Å². The first-order chi connectivity index (χ1) is 6.33. The van der Waals surface area contributed by atoms with Crippen LogP contribution in [0.1, 0.15) is 12.5 Å². The molecule has 1 unspecified atom stereocenters. The van der Waals surface area contributed by atoms with Crippen LogP contribution in [-0.4, -0.2) is 19.8 Å². The van der Waals surface area contributed by atoms with Gasteiger partial charge in [0.25, 0.3) is 0 Å². The third-order valence-electron chi connectivity index (χ3n) is 1.75. The molecule has 2 heteroatoms. The van der Waals surface area contributed by atoms with Crippen molar-refractivity contribution < 1.29 is 9.47 Å². The SMILES string of the molecule is COC(C)CO[CH]c1ccccc1. The molecular weight excluding hydrogens is 164 g/mol. The molecule has 0 spiro atoms. The van der Waals surface area contributed by atoms with E-state index in [4.69, 9.17) is 9.47 Å². The minimum absolute atomic E-state index is 0.139. The van der Waals surface area contributed by atoms with Crippen LogP contribution in [0.4, 0.5) is 0 Å². The van der Waals surface area contributed by atoms with Crippen molar-refractivity contribution in [2.24, 2.45) is 0 Å². The molecule has 1 rings (SSSR count). The third kappa shape index (κ3) is 4.06. The lowest BCUT2D eigenvalue weighted by Crippen LogP contribution is -2.12. The summed E-state index contributed by atoms with van der Waals surface area (Å²) < 4.78 is 10.4. The Labute approximate surface area is 79.5 Å². The van der Waals surface area contributed by atoms with Gasteiger partial charge in [-0.15, -0.1) is 0 Å². The first kappa shape index (κ1) is 10.2. The normalized spacial score (nSPS) is 12.8. The highest BCUT2D eigenvalue weighted by Gasteiger charge is 1.99. The van der Waals surface area contributed by atoms with Gasteiger partial charge in [-0.3, -0.25) is 0 Å². The Bertz CT molecular complexity index is 221. The minimum Gasteiger partial charge on any atom is -0.379 e. The molecule has 13 heavy (non-hydrogen) atoms. The molecular formula is C11H15O2. The lowest BCUT2D eigenvalue weighted by Gasteiger charge is -2.09. The molecule has 0 N–H and O–H groups in total. The highest BCUT2D eigenvalue weighted by molar-refractivity contribution is 5.19. The lowest BCUT2D eigenvalue weighted by atomic mass is 10.2. The van der Waals surface area contributed by atoms with Gasteiger partial charge in [-0.1, -0.05) is 30.3 Å². The second-order valence-electron chi connectivity index (χ2n) is 2.91. The van der Waals surface area contributed by atoms with Crippen molar-refractivity contribution in [1.29, 1.82) is 0 Å². The van der Waals surface area contributed by atoms with Gasteiger partial charge in [-0.05, 0) is 12.5 Å².